The molecule has 0 aliphatic rings. The van der Waals surface area contributed by atoms with Crippen LogP contribution in [0.1, 0.15) is 36.0 Å². The van der Waals surface area contributed by atoms with Crippen molar-refractivity contribution in [2.24, 2.45) is 0 Å². The van der Waals surface area contributed by atoms with E-state index >= 15 is 0 Å². The van der Waals surface area contributed by atoms with Crippen molar-refractivity contribution in [1.29, 1.82) is 0 Å². The van der Waals surface area contributed by atoms with Crippen molar-refractivity contribution in [3.05, 3.63) is 95.6 Å². The summed E-state index contributed by atoms with van der Waals surface area (Å²) in [5.74, 6) is -0.442. The van der Waals surface area contributed by atoms with Gasteiger partial charge >= 0.3 is 16.3 Å². The van der Waals surface area contributed by atoms with Crippen molar-refractivity contribution < 1.29 is 35.3 Å². The second-order valence-corrected chi connectivity index (χ2v) is 9.88. The van der Waals surface area contributed by atoms with E-state index in [2.05, 4.69) is 0 Å². The Kier molecular flexibility index (Phi) is 9.34. The molecule has 3 aromatic rings. The molecule has 0 aliphatic carbocycles. The Morgan fingerprint density at radius 1 is 0.973 bits per heavy atom. The lowest BCUT2D eigenvalue weighted by molar-refractivity contribution is -0.137. The fourth-order valence-electron chi connectivity index (χ4n) is 3.80. The van der Waals surface area contributed by atoms with Gasteiger partial charge in [-0.25, -0.2) is 0 Å². The monoisotopic (exact) mass is 535 g/mol. The number of ether oxygens (including phenoxy) is 1. The Morgan fingerprint density at radius 2 is 1.65 bits per heavy atom. The van der Waals surface area contributed by atoms with Crippen LogP contribution in [0.3, 0.4) is 0 Å². The highest BCUT2D eigenvalue weighted by atomic mass is 32.2. The van der Waals surface area contributed by atoms with E-state index in [1.807, 2.05) is 37.3 Å². The molecular weight excluding hydrogens is 507 g/mol. The zero-order valence-corrected chi connectivity index (χ0v) is 21.3. The number of carbonyl (C=O) groups excluding carboxylic acids is 1. The number of hydrogen-bond donors (Lipinski definition) is 0. The number of hydrogen-bond acceptors (Lipinski definition) is 5. The fourth-order valence-corrected chi connectivity index (χ4v) is 4.78. The van der Waals surface area contributed by atoms with Crippen LogP contribution in [0, 0.1) is 0 Å². The number of carbonyl (C=O) groups is 1. The molecule has 0 fully saturated rings. The highest BCUT2D eigenvalue weighted by Gasteiger charge is 2.32. The summed E-state index contributed by atoms with van der Waals surface area (Å²) in [6, 6.07) is 18.8. The van der Waals surface area contributed by atoms with Crippen LogP contribution in [-0.2, 0) is 32.4 Å². The van der Waals surface area contributed by atoms with Crippen molar-refractivity contribution in [3.63, 3.8) is 0 Å². The molecule has 3 aromatic carbocycles. The van der Waals surface area contributed by atoms with Crippen LogP contribution >= 0.6 is 0 Å². The van der Waals surface area contributed by atoms with E-state index in [9.17, 15) is 26.4 Å². The number of amides is 1. The van der Waals surface area contributed by atoms with Crippen molar-refractivity contribution in [1.82, 2.24) is 4.90 Å². The minimum absolute atomic E-state index is 0.0572. The summed E-state index contributed by atoms with van der Waals surface area (Å²) in [5.41, 5.74) is 0.548. The first-order valence-corrected chi connectivity index (χ1v) is 13.0. The van der Waals surface area contributed by atoms with E-state index in [4.69, 9.17) is 8.92 Å². The highest BCUT2D eigenvalue weighted by Crippen LogP contribution is 2.31. The zero-order chi connectivity index (χ0) is 27.1. The molecule has 0 radical (unpaired) electrons. The molecule has 10 heteroatoms. The third kappa shape index (κ3) is 7.56. The molecule has 198 valence electrons. The molecule has 1 unspecified atom stereocenters. The number of benzene rings is 3. The molecule has 0 N–H and O–H groups in total. The lowest BCUT2D eigenvalue weighted by atomic mass is 9.95. The van der Waals surface area contributed by atoms with Gasteiger partial charge in [0.2, 0.25) is 5.91 Å². The van der Waals surface area contributed by atoms with E-state index in [0.29, 0.717) is 25.6 Å². The summed E-state index contributed by atoms with van der Waals surface area (Å²) in [4.78, 5) is 14.5. The minimum atomic E-state index is -4.68. The van der Waals surface area contributed by atoms with Crippen LogP contribution in [0.4, 0.5) is 13.2 Å². The van der Waals surface area contributed by atoms with E-state index in [1.165, 1.54) is 12.1 Å². The Labute approximate surface area is 214 Å². The van der Waals surface area contributed by atoms with Gasteiger partial charge in [-0.15, -0.1) is 0 Å². The van der Waals surface area contributed by atoms with Crippen molar-refractivity contribution >= 4 is 16.0 Å². The molecule has 1 atom stereocenters. The predicted molar refractivity (Wildman–Crippen MR) is 132 cm³/mol. The number of alkyl halides is 3. The summed E-state index contributed by atoms with van der Waals surface area (Å²) >= 11 is 0. The van der Waals surface area contributed by atoms with E-state index in [1.54, 1.807) is 24.1 Å². The molecule has 0 aromatic heterocycles. The molecule has 0 heterocycles. The molecule has 0 bridgehead atoms. The average Bonchev–Trinajstić information content (AvgIpc) is 2.88. The fraction of sp³-hybridized carbons (Fsp3) is 0.296. The van der Waals surface area contributed by atoms with Crippen LogP contribution < -0.4 is 4.18 Å². The standard InChI is InChI=1S/C27H28F3NO5S/c1-3-25(21-8-5-4-6-9-21)26(32)31(16-17-35-2)19-20-12-14-23(15-13-20)36-37(33,34)24-11-7-10-22(18-24)27(28,29)30/h4-15,18,25H,3,16-17,19H2,1-2H3. The van der Waals surface area contributed by atoms with Crippen LogP contribution in [0.15, 0.2) is 83.8 Å². The Hall–Kier alpha value is -3.37. The van der Waals surface area contributed by atoms with E-state index in [-0.39, 0.29) is 24.1 Å². The Bertz CT molecular complexity index is 1280. The average molecular weight is 536 g/mol. The first kappa shape index (κ1) is 28.2. The third-order valence-electron chi connectivity index (χ3n) is 5.74. The summed E-state index contributed by atoms with van der Waals surface area (Å²) < 4.78 is 74.2. The molecule has 0 spiro atoms. The predicted octanol–water partition coefficient (Wildman–Crippen LogP) is 5.64. The smallest absolute Gasteiger partial charge is 0.383 e. The van der Waals surface area contributed by atoms with Gasteiger partial charge in [0.15, 0.2) is 0 Å². The first-order chi connectivity index (χ1) is 17.5. The summed E-state index contributed by atoms with van der Waals surface area (Å²) in [5, 5.41) is 0. The van der Waals surface area contributed by atoms with Crippen molar-refractivity contribution in [2.75, 3.05) is 20.3 Å². The maximum Gasteiger partial charge on any atom is 0.416 e. The second-order valence-electron chi connectivity index (χ2n) is 8.33. The van der Waals surface area contributed by atoms with Crippen LogP contribution in [0.25, 0.3) is 0 Å². The minimum Gasteiger partial charge on any atom is -0.383 e. The molecule has 37 heavy (non-hydrogen) atoms. The number of halogens is 3. The lowest BCUT2D eigenvalue weighted by Gasteiger charge is -2.27. The highest BCUT2D eigenvalue weighted by molar-refractivity contribution is 7.87. The van der Waals surface area contributed by atoms with Gasteiger partial charge in [0.1, 0.15) is 10.6 Å². The van der Waals surface area contributed by atoms with Gasteiger partial charge in [-0.1, -0.05) is 55.5 Å². The largest absolute Gasteiger partial charge is 0.416 e. The normalized spacial score (nSPS) is 12.7. The SMILES string of the molecule is CCC(C(=O)N(CCOC)Cc1ccc(OS(=O)(=O)c2cccc(C(F)(F)F)c2)cc1)c1ccccc1. The number of methoxy groups -OCH3 is 1. The Balaban J connectivity index is 1.75. The molecule has 0 saturated heterocycles. The van der Waals surface area contributed by atoms with Gasteiger partial charge in [-0.3, -0.25) is 4.79 Å². The van der Waals surface area contributed by atoms with Gasteiger partial charge in [-0.2, -0.15) is 21.6 Å². The molecule has 1 amide bonds. The van der Waals surface area contributed by atoms with Crippen LogP contribution in [0.2, 0.25) is 0 Å². The third-order valence-corrected chi connectivity index (χ3v) is 6.98. The molecule has 3 rings (SSSR count). The molecule has 0 saturated carbocycles. The topological polar surface area (TPSA) is 72.9 Å². The van der Waals surface area contributed by atoms with E-state index in [0.717, 1.165) is 29.3 Å². The van der Waals surface area contributed by atoms with Gasteiger partial charge in [0.05, 0.1) is 18.1 Å². The number of rotatable bonds is 11. The maximum atomic E-state index is 13.4. The molecule has 6 nitrogen and oxygen atoms in total. The van der Waals surface area contributed by atoms with Crippen LogP contribution in [0.5, 0.6) is 5.75 Å². The van der Waals surface area contributed by atoms with Gasteiger partial charge in [0.25, 0.3) is 0 Å². The van der Waals surface area contributed by atoms with Gasteiger partial charge < -0.3 is 13.8 Å². The second kappa shape index (κ2) is 12.2. The molecular formula is C27H28F3NO5S. The van der Waals surface area contributed by atoms with Gasteiger partial charge in [-0.05, 0) is 47.9 Å². The van der Waals surface area contributed by atoms with Crippen molar-refractivity contribution in [2.45, 2.75) is 36.9 Å². The van der Waals surface area contributed by atoms with E-state index < -0.39 is 26.8 Å². The summed E-state index contributed by atoms with van der Waals surface area (Å²) in [6.07, 6.45) is -4.07. The quantitative estimate of drug-likeness (QED) is 0.297. The summed E-state index contributed by atoms with van der Waals surface area (Å²) in [6.45, 7) is 2.90. The van der Waals surface area contributed by atoms with Crippen LogP contribution in [-0.4, -0.2) is 39.5 Å². The maximum absolute atomic E-state index is 13.4. The summed E-state index contributed by atoms with van der Waals surface area (Å²) in [7, 11) is -2.93. The first-order valence-electron chi connectivity index (χ1n) is 11.6. The number of nitrogens with zero attached hydrogens (tertiary/aromatic N) is 1. The van der Waals surface area contributed by atoms with Crippen molar-refractivity contribution in [3.8, 4) is 5.75 Å². The lowest BCUT2D eigenvalue weighted by Crippen LogP contribution is -2.37. The van der Waals surface area contributed by atoms with Gasteiger partial charge in [0, 0.05) is 20.2 Å². The zero-order valence-electron chi connectivity index (χ0n) is 20.4. The molecule has 0 aliphatic heterocycles. The Morgan fingerprint density at radius 3 is 2.24 bits per heavy atom.